The quantitative estimate of drug-likeness (QED) is 0.730. The Hall–Kier alpha value is -0.220. The number of unbranched alkanes of at least 4 members (excludes halogenated alkanes) is 1. The van der Waals surface area contributed by atoms with Crippen LogP contribution in [0.3, 0.4) is 0 Å². The first-order chi connectivity index (χ1) is 7.61. The van der Waals surface area contributed by atoms with Gasteiger partial charge in [0.15, 0.2) is 0 Å². The first-order valence-electron chi connectivity index (χ1n) is 6.08. The molecule has 0 spiro atoms. The lowest BCUT2D eigenvalue weighted by atomic mass is 9.88. The fourth-order valence-corrected chi connectivity index (χ4v) is 2.82. The third-order valence-corrected chi connectivity index (χ3v) is 4.22. The molecule has 1 N–H and O–H groups in total. The average molecular weight is 245 g/mol. The maximum Gasteiger partial charge on any atom is 0.323 e. The summed E-state index contributed by atoms with van der Waals surface area (Å²) < 4.78 is 0. The van der Waals surface area contributed by atoms with Gasteiger partial charge in [-0.1, -0.05) is 0 Å². The average Bonchev–Trinajstić information content (AvgIpc) is 2.26. The molecule has 0 aromatic rings. The molecule has 1 rings (SSSR count). The van der Waals surface area contributed by atoms with Crippen molar-refractivity contribution in [2.75, 3.05) is 25.1 Å². The lowest BCUT2D eigenvalue weighted by Crippen LogP contribution is -2.55. The van der Waals surface area contributed by atoms with Crippen molar-refractivity contribution >= 4 is 17.7 Å². The van der Waals surface area contributed by atoms with E-state index in [9.17, 15) is 9.90 Å². The summed E-state index contributed by atoms with van der Waals surface area (Å²) in [5.74, 6) is 0.523. The highest BCUT2D eigenvalue weighted by atomic mass is 32.2. The lowest BCUT2D eigenvalue weighted by molar-refractivity contribution is -0.152. The second kappa shape index (κ2) is 6.50. The van der Waals surface area contributed by atoms with Gasteiger partial charge in [-0.05, 0) is 64.1 Å². The first-order valence-corrected chi connectivity index (χ1v) is 7.48. The van der Waals surface area contributed by atoms with E-state index in [2.05, 4.69) is 11.2 Å². The summed E-state index contributed by atoms with van der Waals surface area (Å²) in [6.07, 6.45) is 7.40. The van der Waals surface area contributed by atoms with E-state index in [1.54, 1.807) is 0 Å². The summed E-state index contributed by atoms with van der Waals surface area (Å²) in [6.45, 7) is 3.76. The van der Waals surface area contributed by atoms with Crippen LogP contribution in [0.15, 0.2) is 0 Å². The Labute approximate surface area is 103 Å². The van der Waals surface area contributed by atoms with Crippen LogP contribution < -0.4 is 0 Å². The van der Waals surface area contributed by atoms with Crippen molar-refractivity contribution in [3.05, 3.63) is 0 Å². The Balaban J connectivity index is 2.44. The van der Waals surface area contributed by atoms with E-state index in [0.717, 1.165) is 38.8 Å². The number of piperidine rings is 1. The van der Waals surface area contributed by atoms with Crippen LogP contribution in [0, 0.1) is 0 Å². The Morgan fingerprint density at radius 1 is 1.44 bits per heavy atom. The smallest absolute Gasteiger partial charge is 0.323 e. The van der Waals surface area contributed by atoms with Crippen molar-refractivity contribution in [1.82, 2.24) is 4.90 Å². The molecule has 0 bridgehead atoms. The molecule has 0 aliphatic carbocycles. The van der Waals surface area contributed by atoms with Crippen molar-refractivity contribution < 1.29 is 9.90 Å². The Kier molecular flexibility index (Phi) is 5.62. The van der Waals surface area contributed by atoms with Gasteiger partial charge in [0.05, 0.1) is 0 Å². The van der Waals surface area contributed by atoms with Crippen LogP contribution in [0.5, 0.6) is 0 Å². The minimum atomic E-state index is -0.655. The molecule has 1 atom stereocenters. The van der Waals surface area contributed by atoms with Crippen molar-refractivity contribution in [2.24, 2.45) is 0 Å². The van der Waals surface area contributed by atoms with E-state index in [4.69, 9.17) is 0 Å². The molecule has 1 heterocycles. The van der Waals surface area contributed by atoms with Crippen molar-refractivity contribution in [2.45, 2.75) is 44.6 Å². The molecule has 0 aromatic carbocycles. The van der Waals surface area contributed by atoms with Crippen molar-refractivity contribution in [3.63, 3.8) is 0 Å². The molecule has 0 saturated carbocycles. The van der Waals surface area contributed by atoms with Gasteiger partial charge in [-0.15, -0.1) is 0 Å². The third kappa shape index (κ3) is 3.39. The van der Waals surface area contributed by atoms with Gasteiger partial charge in [0.1, 0.15) is 5.54 Å². The number of carboxylic acid groups (broad SMARTS) is 1. The van der Waals surface area contributed by atoms with Gasteiger partial charge in [-0.25, -0.2) is 0 Å². The summed E-state index contributed by atoms with van der Waals surface area (Å²) in [4.78, 5) is 13.5. The van der Waals surface area contributed by atoms with Crippen LogP contribution in [-0.2, 0) is 4.79 Å². The number of hydrogen-bond acceptors (Lipinski definition) is 3. The maximum absolute atomic E-state index is 11.3. The van der Waals surface area contributed by atoms with Gasteiger partial charge in [0.2, 0.25) is 0 Å². The highest BCUT2D eigenvalue weighted by molar-refractivity contribution is 7.98. The van der Waals surface area contributed by atoms with E-state index < -0.39 is 11.5 Å². The highest BCUT2D eigenvalue weighted by Crippen LogP contribution is 2.28. The second-order valence-electron chi connectivity index (χ2n) is 4.72. The van der Waals surface area contributed by atoms with E-state index in [0.29, 0.717) is 0 Å². The summed E-state index contributed by atoms with van der Waals surface area (Å²) in [6, 6.07) is 0. The molecule has 1 saturated heterocycles. The van der Waals surface area contributed by atoms with Gasteiger partial charge in [0, 0.05) is 0 Å². The van der Waals surface area contributed by atoms with Gasteiger partial charge in [-0.3, -0.25) is 9.69 Å². The van der Waals surface area contributed by atoms with Gasteiger partial charge < -0.3 is 5.11 Å². The predicted octanol–water partition coefficient (Wildman–Crippen LogP) is 2.46. The molecule has 0 amide bonds. The lowest BCUT2D eigenvalue weighted by Gasteiger charge is -2.41. The van der Waals surface area contributed by atoms with E-state index in [1.165, 1.54) is 12.2 Å². The molecular formula is C12H23NO2S. The molecule has 3 nitrogen and oxygen atoms in total. The minimum absolute atomic E-state index is 0.613. The maximum atomic E-state index is 11.3. The SMILES string of the molecule is CSCCCCN1CCCCC1(C)C(=O)O. The zero-order chi connectivity index (χ0) is 12.0. The van der Waals surface area contributed by atoms with Crippen LogP contribution in [0.1, 0.15) is 39.0 Å². The molecule has 94 valence electrons. The number of likely N-dealkylation sites (tertiary alicyclic amines) is 1. The van der Waals surface area contributed by atoms with Crippen LogP contribution in [0.4, 0.5) is 0 Å². The predicted molar refractivity (Wildman–Crippen MR) is 69.1 cm³/mol. The molecule has 16 heavy (non-hydrogen) atoms. The van der Waals surface area contributed by atoms with Gasteiger partial charge in [-0.2, -0.15) is 11.8 Å². The van der Waals surface area contributed by atoms with E-state index in [-0.39, 0.29) is 0 Å². The number of hydrogen-bond donors (Lipinski definition) is 1. The van der Waals surface area contributed by atoms with Crippen LogP contribution in [0.2, 0.25) is 0 Å². The molecule has 1 fully saturated rings. The number of carboxylic acids is 1. The van der Waals surface area contributed by atoms with Gasteiger partial charge >= 0.3 is 5.97 Å². The zero-order valence-corrected chi connectivity index (χ0v) is 11.2. The number of carbonyl (C=O) groups is 1. The number of rotatable bonds is 6. The molecular weight excluding hydrogens is 222 g/mol. The first kappa shape index (κ1) is 13.8. The molecule has 1 aliphatic rings. The fourth-order valence-electron chi connectivity index (χ4n) is 2.33. The van der Waals surface area contributed by atoms with Crippen molar-refractivity contribution in [1.29, 1.82) is 0 Å². The summed E-state index contributed by atoms with van der Waals surface area (Å²) >= 11 is 1.86. The van der Waals surface area contributed by atoms with Gasteiger partial charge in [0.25, 0.3) is 0 Å². The van der Waals surface area contributed by atoms with Crippen molar-refractivity contribution in [3.8, 4) is 0 Å². The monoisotopic (exact) mass is 245 g/mol. The molecule has 0 aromatic heterocycles. The van der Waals surface area contributed by atoms with E-state index >= 15 is 0 Å². The summed E-state index contributed by atoms with van der Waals surface area (Å²) in [7, 11) is 0. The fraction of sp³-hybridized carbons (Fsp3) is 0.917. The van der Waals surface area contributed by atoms with Crippen LogP contribution in [-0.4, -0.2) is 46.6 Å². The Bertz CT molecular complexity index is 235. The number of aliphatic carboxylic acids is 1. The topological polar surface area (TPSA) is 40.5 Å². The third-order valence-electron chi connectivity index (χ3n) is 3.53. The normalized spacial score (nSPS) is 26.9. The molecule has 0 radical (unpaired) electrons. The Morgan fingerprint density at radius 2 is 2.19 bits per heavy atom. The summed E-state index contributed by atoms with van der Waals surface area (Å²) in [5.41, 5.74) is -0.613. The molecule has 4 heteroatoms. The molecule has 1 aliphatic heterocycles. The number of thioether (sulfide) groups is 1. The molecule has 1 unspecified atom stereocenters. The van der Waals surface area contributed by atoms with Crippen LogP contribution in [0.25, 0.3) is 0 Å². The second-order valence-corrected chi connectivity index (χ2v) is 5.71. The highest BCUT2D eigenvalue weighted by Gasteiger charge is 2.40. The standard InChI is InChI=1S/C12H23NO2S/c1-12(11(14)15)7-3-4-8-13(12)9-5-6-10-16-2/h3-10H2,1-2H3,(H,14,15). The largest absolute Gasteiger partial charge is 0.480 e. The number of nitrogens with zero attached hydrogens (tertiary/aromatic N) is 1. The minimum Gasteiger partial charge on any atom is -0.480 e. The zero-order valence-electron chi connectivity index (χ0n) is 10.4. The summed E-state index contributed by atoms with van der Waals surface area (Å²) in [5, 5.41) is 9.32. The van der Waals surface area contributed by atoms with Crippen LogP contribution >= 0.6 is 11.8 Å². The van der Waals surface area contributed by atoms with E-state index in [1.807, 2.05) is 18.7 Å². The Morgan fingerprint density at radius 3 is 2.81 bits per heavy atom.